The van der Waals surface area contributed by atoms with Crippen LogP contribution in [0, 0.1) is 0 Å². The highest BCUT2D eigenvalue weighted by atomic mass is 32.1. The first kappa shape index (κ1) is 26.5. The molecule has 196 valence electrons. The van der Waals surface area contributed by atoms with Crippen LogP contribution in [0.15, 0.2) is 61.9 Å². The quantitative estimate of drug-likeness (QED) is 0.429. The standard InChI is InChI=1S/C28H34N4O4S/c1-7-30(8-2)23-16-15-19(36-23)17-22-26(33)32-25(20-13-11-12-14-21(20)35-6)24(18(5)29-28(32)37-22)27(34)31(9-3)10-4/h11-17,25H,7-10H2,1-6H3/b22-17+/t25-/m1/s1. The van der Waals surface area contributed by atoms with Gasteiger partial charge in [0.2, 0.25) is 0 Å². The molecule has 0 N–H and O–H groups in total. The molecule has 0 saturated heterocycles. The third kappa shape index (κ3) is 4.87. The van der Waals surface area contributed by atoms with Crippen molar-refractivity contribution in [1.29, 1.82) is 0 Å². The molecular formula is C28H34N4O4S. The number of para-hydroxylation sites is 1. The first-order valence-corrected chi connectivity index (χ1v) is 13.5. The van der Waals surface area contributed by atoms with Gasteiger partial charge in [-0.3, -0.25) is 14.2 Å². The van der Waals surface area contributed by atoms with Crippen LogP contribution < -0.4 is 24.5 Å². The Morgan fingerprint density at radius 2 is 1.81 bits per heavy atom. The molecule has 3 heterocycles. The molecule has 0 spiro atoms. The lowest BCUT2D eigenvalue weighted by Crippen LogP contribution is -2.43. The lowest BCUT2D eigenvalue weighted by atomic mass is 9.94. The van der Waals surface area contributed by atoms with Crippen LogP contribution in [0.25, 0.3) is 6.08 Å². The van der Waals surface area contributed by atoms with Gasteiger partial charge in [0.15, 0.2) is 10.7 Å². The lowest BCUT2D eigenvalue weighted by molar-refractivity contribution is -0.127. The Balaban J connectivity index is 1.92. The van der Waals surface area contributed by atoms with Gasteiger partial charge < -0.3 is 19.0 Å². The molecule has 1 atom stereocenters. The van der Waals surface area contributed by atoms with Crippen LogP contribution in [0.1, 0.15) is 52.0 Å². The number of nitrogens with zero attached hydrogens (tertiary/aromatic N) is 4. The molecule has 9 heteroatoms. The molecule has 0 saturated carbocycles. The minimum absolute atomic E-state index is 0.133. The summed E-state index contributed by atoms with van der Waals surface area (Å²) in [6.07, 6.45) is 1.75. The highest BCUT2D eigenvalue weighted by Gasteiger charge is 2.35. The Labute approximate surface area is 220 Å². The van der Waals surface area contributed by atoms with E-state index in [1.54, 1.807) is 22.7 Å². The molecule has 0 bridgehead atoms. The summed E-state index contributed by atoms with van der Waals surface area (Å²) < 4.78 is 13.8. The van der Waals surface area contributed by atoms with Crippen molar-refractivity contribution in [1.82, 2.24) is 9.47 Å². The number of methoxy groups -OCH3 is 1. The van der Waals surface area contributed by atoms with Crippen molar-refractivity contribution in [3.8, 4) is 5.75 Å². The Kier molecular flexibility index (Phi) is 8.02. The largest absolute Gasteiger partial charge is 0.496 e. The van der Waals surface area contributed by atoms with Gasteiger partial charge in [0.1, 0.15) is 17.6 Å². The van der Waals surface area contributed by atoms with Crippen molar-refractivity contribution in [2.45, 2.75) is 40.7 Å². The molecule has 1 aliphatic rings. The topological polar surface area (TPSA) is 80.3 Å². The Bertz CT molecular complexity index is 1490. The van der Waals surface area contributed by atoms with E-state index < -0.39 is 6.04 Å². The van der Waals surface area contributed by atoms with E-state index in [0.29, 0.717) is 45.2 Å². The summed E-state index contributed by atoms with van der Waals surface area (Å²) in [6, 6.07) is 10.6. The molecule has 0 fully saturated rings. The van der Waals surface area contributed by atoms with E-state index in [1.807, 2.05) is 57.2 Å². The number of ether oxygens (including phenoxy) is 1. The van der Waals surface area contributed by atoms with Gasteiger partial charge in [0.05, 0.1) is 22.9 Å². The van der Waals surface area contributed by atoms with Crippen LogP contribution in [0.4, 0.5) is 5.88 Å². The molecule has 0 unspecified atom stereocenters. The molecular weight excluding hydrogens is 488 g/mol. The molecule has 0 aliphatic carbocycles. The molecule has 0 radical (unpaired) electrons. The second-order valence-corrected chi connectivity index (χ2v) is 9.66. The summed E-state index contributed by atoms with van der Waals surface area (Å²) in [7, 11) is 1.59. The SMILES string of the molecule is CCN(CC)C(=O)C1=C(C)N=c2s/c(=C/c3ccc(N(CC)CC)o3)c(=O)n2[C@@H]1c1ccccc1OC. The van der Waals surface area contributed by atoms with Gasteiger partial charge in [-0.15, -0.1) is 0 Å². The minimum Gasteiger partial charge on any atom is -0.496 e. The van der Waals surface area contributed by atoms with Gasteiger partial charge in [-0.1, -0.05) is 29.5 Å². The highest BCUT2D eigenvalue weighted by molar-refractivity contribution is 7.07. The number of benzene rings is 1. The van der Waals surface area contributed by atoms with Crippen LogP contribution in [0.5, 0.6) is 5.75 Å². The van der Waals surface area contributed by atoms with Crippen molar-refractivity contribution in [3.63, 3.8) is 0 Å². The van der Waals surface area contributed by atoms with Gasteiger partial charge in [0, 0.05) is 43.9 Å². The van der Waals surface area contributed by atoms with Crippen molar-refractivity contribution < 1.29 is 13.9 Å². The number of anilines is 1. The van der Waals surface area contributed by atoms with Crippen LogP contribution in [-0.4, -0.2) is 48.7 Å². The number of amides is 1. The molecule has 8 nitrogen and oxygen atoms in total. The molecule has 4 rings (SSSR count). The zero-order valence-corrected chi connectivity index (χ0v) is 23.1. The summed E-state index contributed by atoms with van der Waals surface area (Å²) >= 11 is 1.29. The van der Waals surface area contributed by atoms with E-state index in [9.17, 15) is 9.59 Å². The minimum atomic E-state index is -0.662. The zero-order valence-electron chi connectivity index (χ0n) is 22.3. The molecule has 2 aromatic heterocycles. The molecule has 1 aliphatic heterocycles. The summed E-state index contributed by atoms with van der Waals surface area (Å²) in [5.74, 6) is 1.83. The predicted octanol–water partition coefficient (Wildman–Crippen LogP) is 3.55. The number of likely N-dealkylation sites (N-methyl/N-ethyl adjacent to an activating group) is 1. The summed E-state index contributed by atoms with van der Waals surface area (Å²) in [4.78, 5) is 36.7. The van der Waals surface area contributed by atoms with Crippen molar-refractivity contribution in [2.24, 2.45) is 4.99 Å². The van der Waals surface area contributed by atoms with E-state index in [2.05, 4.69) is 18.7 Å². The maximum atomic E-state index is 13.9. The van der Waals surface area contributed by atoms with Crippen LogP contribution in [0.2, 0.25) is 0 Å². The first-order valence-electron chi connectivity index (χ1n) is 12.7. The zero-order chi connectivity index (χ0) is 26.7. The van der Waals surface area contributed by atoms with E-state index in [-0.39, 0.29) is 11.5 Å². The number of hydrogen-bond donors (Lipinski definition) is 0. The summed E-state index contributed by atoms with van der Waals surface area (Å²) in [5.41, 5.74) is 1.60. The van der Waals surface area contributed by atoms with Gasteiger partial charge >= 0.3 is 0 Å². The average Bonchev–Trinajstić information content (AvgIpc) is 3.48. The number of aromatic nitrogens is 1. The van der Waals surface area contributed by atoms with Crippen molar-refractivity contribution in [3.05, 3.63) is 78.7 Å². The number of rotatable bonds is 9. The summed E-state index contributed by atoms with van der Waals surface area (Å²) in [6.45, 7) is 12.6. The number of carbonyl (C=O) groups excluding carboxylic acids is 1. The fourth-order valence-corrected chi connectivity index (χ4v) is 5.74. The van der Waals surface area contributed by atoms with Gasteiger partial charge in [-0.05, 0) is 46.8 Å². The maximum absolute atomic E-state index is 13.9. The molecule has 1 amide bonds. The monoisotopic (exact) mass is 522 g/mol. The fourth-order valence-electron chi connectivity index (χ4n) is 4.72. The Hall–Kier alpha value is -3.59. The number of thiazole rings is 1. The third-order valence-corrected chi connectivity index (χ3v) is 7.68. The normalized spacial score (nSPS) is 15.4. The second kappa shape index (κ2) is 11.2. The van der Waals surface area contributed by atoms with Crippen LogP contribution in [0.3, 0.4) is 0 Å². The van der Waals surface area contributed by atoms with E-state index in [0.717, 1.165) is 24.5 Å². The van der Waals surface area contributed by atoms with Crippen LogP contribution in [-0.2, 0) is 4.79 Å². The highest BCUT2D eigenvalue weighted by Crippen LogP contribution is 2.36. The fraction of sp³-hybridized carbons (Fsp3) is 0.393. The first-order chi connectivity index (χ1) is 17.9. The van der Waals surface area contributed by atoms with E-state index in [4.69, 9.17) is 14.1 Å². The van der Waals surface area contributed by atoms with Gasteiger partial charge in [-0.2, -0.15) is 0 Å². The maximum Gasteiger partial charge on any atom is 0.271 e. The van der Waals surface area contributed by atoms with Gasteiger partial charge in [-0.25, -0.2) is 4.99 Å². The average molecular weight is 523 g/mol. The van der Waals surface area contributed by atoms with E-state index >= 15 is 0 Å². The molecule has 37 heavy (non-hydrogen) atoms. The van der Waals surface area contributed by atoms with Gasteiger partial charge in [0.25, 0.3) is 11.5 Å². The number of carbonyl (C=O) groups is 1. The number of furan rings is 1. The third-order valence-electron chi connectivity index (χ3n) is 6.70. The number of allylic oxidation sites excluding steroid dienone is 1. The second-order valence-electron chi connectivity index (χ2n) is 8.65. The van der Waals surface area contributed by atoms with Crippen molar-refractivity contribution in [2.75, 3.05) is 38.2 Å². The Morgan fingerprint density at radius 3 is 2.46 bits per heavy atom. The number of fused-ring (bicyclic) bond motifs is 1. The molecule has 1 aromatic carbocycles. The van der Waals surface area contributed by atoms with E-state index in [1.165, 1.54) is 11.3 Å². The van der Waals surface area contributed by atoms with Crippen LogP contribution >= 0.6 is 11.3 Å². The lowest BCUT2D eigenvalue weighted by Gasteiger charge is -2.29. The number of hydrogen-bond acceptors (Lipinski definition) is 7. The smallest absolute Gasteiger partial charge is 0.271 e. The predicted molar refractivity (Wildman–Crippen MR) is 147 cm³/mol. The summed E-state index contributed by atoms with van der Waals surface area (Å²) in [5, 5.41) is 0. The Morgan fingerprint density at radius 1 is 1.11 bits per heavy atom. The molecule has 3 aromatic rings. The van der Waals surface area contributed by atoms with Crippen molar-refractivity contribution >= 4 is 29.2 Å².